The maximum Gasteiger partial charge on any atom is 0.253 e. The minimum Gasteiger partial charge on any atom is -0.398 e. The van der Waals surface area contributed by atoms with Crippen LogP contribution in [-0.2, 0) is 0 Å². The second-order valence-electron chi connectivity index (χ2n) is 6.13. The highest BCUT2D eigenvalue weighted by Gasteiger charge is 2.36. The van der Waals surface area contributed by atoms with Gasteiger partial charge in [0.2, 0.25) is 0 Å². The number of para-hydroxylation sites is 1. The van der Waals surface area contributed by atoms with Crippen molar-refractivity contribution in [2.75, 3.05) is 12.8 Å². The lowest BCUT2D eigenvalue weighted by Gasteiger charge is -2.47. The lowest BCUT2D eigenvalue weighted by Crippen LogP contribution is -2.55. The van der Waals surface area contributed by atoms with Gasteiger partial charge in [-0.15, -0.1) is 0 Å². The van der Waals surface area contributed by atoms with Gasteiger partial charge in [0.1, 0.15) is 0 Å². The number of nitrogen functional groups attached to an aromatic ring is 1. The van der Waals surface area contributed by atoms with Crippen molar-refractivity contribution in [2.24, 2.45) is 0 Å². The molecule has 4 heteroatoms. The Morgan fingerprint density at radius 2 is 1.90 bits per heavy atom. The number of carbonyl (C=O) groups is 1. The van der Waals surface area contributed by atoms with E-state index in [1.165, 1.54) is 19.3 Å². The van der Waals surface area contributed by atoms with E-state index < -0.39 is 0 Å². The van der Waals surface area contributed by atoms with Crippen LogP contribution in [0.15, 0.2) is 24.3 Å². The highest BCUT2D eigenvalue weighted by molar-refractivity contribution is 5.99. The summed E-state index contributed by atoms with van der Waals surface area (Å²) in [5.41, 5.74) is 7.02. The molecule has 0 radical (unpaired) electrons. The van der Waals surface area contributed by atoms with Crippen LogP contribution < -0.4 is 11.1 Å². The number of hydrogen-bond donors (Lipinski definition) is 2. The number of nitrogens with two attached hydrogens (primary N) is 1. The molecule has 4 nitrogen and oxygen atoms in total. The van der Waals surface area contributed by atoms with Crippen molar-refractivity contribution in [3.63, 3.8) is 0 Å². The van der Waals surface area contributed by atoms with E-state index in [4.69, 9.17) is 5.73 Å². The van der Waals surface area contributed by atoms with Crippen LogP contribution in [0, 0.1) is 0 Å². The van der Waals surface area contributed by atoms with Crippen molar-refractivity contribution in [1.29, 1.82) is 0 Å². The van der Waals surface area contributed by atoms with E-state index >= 15 is 0 Å². The fraction of sp³-hybridized carbons (Fsp3) is 0.562. The summed E-state index contributed by atoms with van der Waals surface area (Å²) in [6.07, 6.45) is 5.96. The minimum atomic E-state index is -0.0317. The van der Waals surface area contributed by atoms with E-state index in [2.05, 4.69) is 17.3 Å². The Bertz CT molecular complexity index is 488. The first-order valence-corrected chi connectivity index (χ1v) is 7.52. The fourth-order valence-electron chi connectivity index (χ4n) is 3.70. The van der Waals surface area contributed by atoms with Crippen LogP contribution in [0.1, 0.15) is 42.5 Å². The Morgan fingerprint density at radius 1 is 1.25 bits per heavy atom. The van der Waals surface area contributed by atoms with Gasteiger partial charge in [-0.05, 0) is 44.9 Å². The number of amides is 1. The topological polar surface area (TPSA) is 58.4 Å². The van der Waals surface area contributed by atoms with Gasteiger partial charge in [0.05, 0.1) is 5.56 Å². The summed E-state index contributed by atoms with van der Waals surface area (Å²) < 4.78 is 0. The molecule has 1 aromatic carbocycles. The Labute approximate surface area is 120 Å². The predicted molar refractivity (Wildman–Crippen MR) is 80.5 cm³/mol. The lowest BCUT2D eigenvalue weighted by molar-refractivity contribution is 0.0463. The minimum absolute atomic E-state index is 0.0317. The molecule has 3 rings (SSSR count). The molecule has 2 heterocycles. The largest absolute Gasteiger partial charge is 0.398 e. The summed E-state index contributed by atoms with van der Waals surface area (Å²) in [6, 6.07) is 8.81. The van der Waals surface area contributed by atoms with Crippen molar-refractivity contribution >= 4 is 11.6 Å². The van der Waals surface area contributed by atoms with Gasteiger partial charge in [-0.3, -0.25) is 4.79 Å². The van der Waals surface area contributed by atoms with Crippen molar-refractivity contribution in [3.8, 4) is 0 Å². The lowest BCUT2D eigenvalue weighted by atomic mass is 9.82. The average Bonchev–Trinajstić information content (AvgIpc) is 2.40. The second kappa shape index (κ2) is 5.44. The van der Waals surface area contributed by atoms with Crippen LogP contribution in [0.5, 0.6) is 0 Å². The van der Waals surface area contributed by atoms with E-state index in [9.17, 15) is 4.79 Å². The number of anilines is 1. The number of carbonyl (C=O) groups excluding carboxylic acids is 1. The van der Waals surface area contributed by atoms with Crippen molar-refractivity contribution in [3.05, 3.63) is 29.8 Å². The zero-order valence-electron chi connectivity index (χ0n) is 12.0. The van der Waals surface area contributed by atoms with Gasteiger partial charge in [0, 0.05) is 23.8 Å². The third-order valence-corrected chi connectivity index (χ3v) is 4.88. The number of fused-ring (bicyclic) bond motifs is 2. The maximum atomic E-state index is 12.3. The van der Waals surface area contributed by atoms with Crippen molar-refractivity contribution < 1.29 is 4.79 Å². The first-order chi connectivity index (χ1) is 9.65. The van der Waals surface area contributed by atoms with E-state index in [0.717, 1.165) is 12.8 Å². The molecule has 0 aromatic heterocycles. The standard InChI is InChI=1S/C16H23N3O/c1-19-12-5-4-6-13(19)10-11(9-12)18-16(20)14-7-2-3-8-15(14)17/h2-3,7-8,11-13H,4-6,9-10,17H2,1H3,(H,18,20). The van der Waals surface area contributed by atoms with Crippen LogP contribution in [0.25, 0.3) is 0 Å². The van der Waals surface area contributed by atoms with Gasteiger partial charge in [0.15, 0.2) is 0 Å². The number of benzene rings is 1. The quantitative estimate of drug-likeness (QED) is 0.810. The zero-order chi connectivity index (χ0) is 14.1. The van der Waals surface area contributed by atoms with E-state index in [0.29, 0.717) is 23.3 Å². The van der Waals surface area contributed by atoms with Crippen LogP contribution in [0.3, 0.4) is 0 Å². The van der Waals surface area contributed by atoms with E-state index in [1.807, 2.05) is 12.1 Å². The van der Waals surface area contributed by atoms with Gasteiger partial charge in [-0.2, -0.15) is 0 Å². The summed E-state index contributed by atoms with van der Waals surface area (Å²) in [7, 11) is 2.22. The molecule has 2 atom stereocenters. The molecule has 108 valence electrons. The number of piperidine rings is 2. The molecule has 0 aliphatic carbocycles. The van der Waals surface area contributed by atoms with E-state index in [1.54, 1.807) is 12.1 Å². The van der Waals surface area contributed by atoms with Crippen molar-refractivity contribution in [1.82, 2.24) is 10.2 Å². The van der Waals surface area contributed by atoms with Gasteiger partial charge in [-0.1, -0.05) is 18.6 Å². The number of rotatable bonds is 2. The number of nitrogens with zero attached hydrogens (tertiary/aromatic N) is 1. The second-order valence-corrected chi connectivity index (χ2v) is 6.13. The molecule has 2 bridgehead atoms. The smallest absolute Gasteiger partial charge is 0.253 e. The Morgan fingerprint density at radius 3 is 2.55 bits per heavy atom. The molecule has 2 saturated heterocycles. The molecule has 2 fully saturated rings. The maximum absolute atomic E-state index is 12.3. The molecule has 3 N–H and O–H groups in total. The molecule has 1 amide bonds. The van der Waals surface area contributed by atoms with Crippen LogP contribution in [-0.4, -0.2) is 36.0 Å². The van der Waals surface area contributed by atoms with Gasteiger partial charge in [0.25, 0.3) is 5.91 Å². The average molecular weight is 273 g/mol. The highest BCUT2D eigenvalue weighted by Crippen LogP contribution is 2.32. The Balaban J connectivity index is 1.67. The molecular weight excluding hydrogens is 250 g/mol. The Kier molecular flexibility index (Phi) is 3.66. The summed E-state index contributed by atoms with van der Waals surface area (Å²) >= 11 is 0. The van der Waals surface area contributed by atoms with Crippen LogP contribution in [0.2, 0.25) is 0 Å². The fourth-order valence-corrected chi connectivity index (χ4v) is 3.70. The molecule has 2 aliphatic heterocycles. The van der Waals surface area contributed by atoms with Crippen molar-refractivity contribution in [2.45, 2.75) is 50.2 Å². The molecular formula is C16H23N3O. The first kappa shape index (κ1) is 13.4. The molecule has 1 aromatic rings. The molecule has 0 saturated carbocycles. The first-order valence-electron chi connectivity index (χ1n) is 7.52. The van der Waals surface area contributed by atoms with Gasteiger partial charge in [-0.25, -0.2) is 0 Å². The third kappa shape index (κ3) is 2.52. The zero-order valence-corrected chi connectivity index (χ0v) is 12.0. The van der Waals surface area contributed by atoms with Gasteiger partial charge >= 0.3 is 0 Å². The van der Waals surface area contributed by atoms with Crippen LogP contribution in [0.4, 0.5) is 5.69 Å². The Hall–Kier alpha value is -1.55. The molecule has 2 unspecified atom stereocenters. The molecule has 0 spiro atoms. The summed E-state index contributed by atoms with van der Waals surface area (Å²) in [5.74, 6) is -0.0317. The monoisotopic (exact) mass is 273 g/mol. The molecule has 2 aliphatic rings. The number of nitrogens with one attached hydrogen (secondary N) is 1. The summed E-state index contributed by atoms with van der Waals surface area (Å²) in [4.78, 5) is 14.8. The number of hydrogen-bond acceptors (Lipinski definition) is 3. The summed E-state index contributed by atoms with van der Waals surface area (Å²) in [6.45, 7) is 0. The van der Waals surface area contributed by atoms with E-state index in [-0.39, 0.29) is 11.9 Å². The van der Waals surface area contributed by atoms with Crippen LogP contribution >= 0.6 is 0 Å². The third-order valence-electron chi connectivity index (χ3n) is 4.88. The van der Waals surface area contributed by atoms with Gasteiger partial charge < -0.3 is 16.0 Å². The highest BCUT2D eigenvalue weighted by atomic mass is 16.1. The summed E-state index contributed by atoms with van der Waals surface area (Å²) in [5, 5.41) is 3.18. The SMILES string of the molecule is CN1C2CCCC1CC(NC(=O)c1ccccc1N)C2. The predicted octanol–water partition coefficient (Wildman–Crippen LogP) is 2.01. The molecule has 20 heavy (non-hydrogen) atoms. The normalized spacial score (nSPS) is 29.9.